The lowest BCUT2D eigenvalue weighted by Crippen LogP contribution is -2.58. The summed E-state index contributed by atoms with van der Waals surface area (Å²) in [5.41, 5.74) is -6.67. The molecular formula is C19H16F7N3O3. The van der Waals surface area contributed by atoms with Crippen molar-refractivity contribution in [1.29, 1.82) is 0 Å². The SMILES string of the molecule is Cn1cc(C2(F)C(C(N)=O)C3CC(O)C2(c2ccccc2C(F)(F)F)O3)c(C(F)(F)F)n1. The van der Waals surface area contributed by atoms with Gasteiger partial charge in [0.2, 0.25) is 5.91 Å². The zero-order chi connectivity index (χ0) is 23.9. The van der Waals surface area contributed by atoms with Crippen molar-refractivity contribution in [3.05, 3.63) is 52.8 Å². The third kappa shape index (κ3) is 2.80. The Morgan fingerprint density at radius 3 is 2.38 bits per heavy atom. The van der Waals surface area contributed by atoms with Gasteiger partial charge >= 0.3 is 12.4 Å². The van der Waals surface area contributed by atoms with E-state index in [2.05, 4.69) is 5.10 Å². The number of hydrogen-bond donors (Lipinski definition) is 2. The van der Waals surface area contributed by atoms with Crippen LogP contribution in [0.1, 0.15) is 28.8 Å². The molecule has 5 unspecified atom stereocenters. The van der Waals surface area contributed by atoms with Crippen molar-refractivity contribution < 1.29 is 45.4 Å². The average Bonchev–Trinajstić information content (AvgIpc) is 3.29. The number of aliphatic hydroxyl groups excluding tert-OH is 1. The van der Waals surface area contributed by atoms with Crippen molar-refractivity contribution in [2.75, 3.05) is 0 Å². The van der Waals surface area contributed by atoms with Crippen LogP contribution in [-0.4, -0.2) is 33.0 Å². The number of benzene rings is 1. The first-order chi connectivity index (χ1) is 14.7. The molecule has 1 amide bonds. The first-order valence-corrected chi connectivity index (χ1v) is 9.27. The minimum absolute atomic E-state index is 0.507. The molecule has 1 aromatic heterocycles. The van der Waals surface area contributed by atoms with Crippen LogP contribution in [0.25, 0.3) is 0 Å². The van der Waals surface area contributed by atoms with Crippen LogP contribution < -0.4 is 5.73 Å². The predicted octanol–water partition coefficient (Wildman–Crippen LogP) is 2.78. The summed E-state index contributed by atoms with van der Waals surface area (Å²) in [6.07, 6.45) is -13.8. The van der Waals surface area contributed by atoms with Gasteiger partial charge in [0.1, 0.15) is 5.92 Å². The minimum atomic E-state index is -5.23. The molecule has 2 aliphatic heterocycles. The van der Waals surface area contributed by atoms with E-state index in [0.717, 1.165) is 25.2 Å². The summed E-state index contributed by atoms with van der Waals surface area (Å²) >= 11 is 0. The van der Waals surface area contributed by atoms with Crippen LogP contribution in [0.4, 0.5) is 30.7 Å². The van der Waals surface area contributed by atoms with E-state index in [9.17, 15) is 36.2 Å². The van der Waals surface area contributed by atoms with Gasteiger partial charge in [0.15, 0.2) is 17.0 Å². The minimum Gasteiger partial charge on any atom is -0.389 e. The number of carbonyl (C=O) groups excluding carboxylic acids is 1. The first-order valence-electron chi connectivity index (χ1n) is 9.27. The van der Waals surface area contributed by atoms with Crippen LogP contribution in [0.3, 0.4) is 0 Å². The van der Waals surface area contributed by atoms with E-state index < -0.39 is 76.5 Å². The van der Waals surface area contributed by atoms with Crippen LogP contribution in [0.5, 0.6) is 0 Å². The number of fused-ring (bicyclic) bond motifs is 2. The molecule has 2 fully saturated rings. The maximum Gasteiger partial charge on any atom is 0.435 e. The number of alkyl halides is 7. The summed E-state index contributed by atoms with van der Waals surface area (Å²) in [5, 5.41) is 13.9. The molecule has 0 spiro atoms. The Morgan fingerprint density at radius 2 is 1.81 bits per heavy atom. The summed E-state index contributed by atoms with van der Waals surface area (Å²) in [5.74, 6) is -3.54. The Labute approximate surface area is 175 Å². The fourth-order valence-electron chi connectivity index (χ4n) is 4.98. The molecule has 13 heteroatoms. The average molecular weight is 467 g/mol. The molecular weight excluding hydrogens is 451 g/mol. The van der Waals surface area contributed by atoms with Crippen molar-refractivity contribution in [3.8, 4) is 0 Å². The molecule has 6 nitrogen and oxygen atoms in total. The first kappa shape index (κ1) is 22.5. The lowest BCUT2D eigenvalue weighted by Gasteiger charge is -2.45. The van der Waals surface area contributed by atoms with Gasteiger partial charge < -0.3 is 15.6 Å². The Morgan fingerprint density at radius 1 is 1.19 bits per heavy atom. The highest BCUT2D eigenvalue weighted by Gasteiger charge is 2.79. The molecule has 2 aliphatic rings. The maximum absolute atomic E-state index is 17.1. The molecule has 4 rings (SSSR count). The van der Waals surface area contributed by atoms with Crippen LogP contribution in [-0.2, 0) is 40.2 Å². The molecule has 2 saturated heterocycles. The lowest BCUT2D eigenvalue weighted by molar-refractivity contribution is -0.167. The third-order valence-electron chi connectivity index (χ3n) is 6.03. The molecule has 3 heterocycles. The van der Waals surface area contributed by atoms with Crippen molar-refractivity contribution in [1.82, 2.24) is 9.78 Å². The Balaban J connectivity index is 2.11. The lowest BCUT2D eigenvalue weighted by atomic mass is 9.61. The number of nitrogens with zero attached hydrogens (tertiary/aromatic N) is 2. The highest BCUT2D eigenvalue weighted by Crippen LogP contribution is 2.67. The summed E-state index contributed by atoms with van der Waals surface area (Å²) < 4.78 is 106. The molecule has 2 aromatic rings. The topological polar surface area (TPSA) is 90.4 Å². The van der Waals surface area contributed by atoms with E-state index in [0.29, 0.717) is 16.9 Å². The van der Waals surface area contributed by atoms with E-state index >= 15 is 4.39 Å². The van der Waals surface area contributed by atoms with Crippen molar-refractivity contribution >= 4 is 5.91 Å². The van der Waals surface area contributed by atoms with Gasteiger partial charge in [-0.15, -0.1) is 0 Å². The van der Waals surface area contributed by atoms with E-state index in [1.807, 2.05) is 0 Å². The molecule has 5 atom stereocenters. The van der Waals surface area contributed by atoms with Crippen LogP contribution >= 0.6 is 0 Å². The second-order valence-corrected chi connectivity index (χ2v) is 7.84. The zero-order valence-electron chi connectivity index (χ0n) is 16.2. The Hall–Kier alpha value is -2.67. The Kier molecular flexibility index (Phi) is 4.69. The molecule has 1 aromatic carbocycles. The summed E-state index contributed by atoms with van der Waals surface area (Å²) in [7, 11) is 1.04. The number of primary amides is 1. The number of amides is 1. The monoisotopic (exact) mass is 467 g/mol. The molecule has 0 radical (unpaired) electrons. The van der Waals surface area contributed by atoms with Gasteiger partial charge in [-0.3, -0.25) is 9.48 Å². The van der Waals surface area contributed by atoms with Gasteiger partial charge in [-0.2, -0.15) is 31.4 Å². The van der Waals surface area contributed by atoms with Gasteiger partial charge in [-0.1, -0.05) is 18.2 Å². The van der Waals surface area contributed by atoms with Gasteiger partial charge in [0.05, 0.1) is 17.8 Å². The second-order valence-electron chi connectivity index (χ2n) is 7.84. The normalized spacial score (nSPS) is 32.5. The number of aromatic nitrogens is 2. The second kappa shape index (κ2) is 6.67. The zero-order valence-corrected chi connectivity index (χ0v) is 16.2. The number of nitrogens with two attached hydrogens (primary N) is 1. The van der Waals surface area contributed by atoms with Crippen molar-refractivity contribution in [2.45, 2.75) is 42.3 Å². The summed E-state index contributed by atoms with van der Waals surface area (Å²) in [4.78, 5) is 12.2. The standard InChI is InChI=1S/C19H16F7N3O3/c1-29-7-10(14(28-29)19(24,25)26)16(20)13(15(27)31)11-6-12(30)17(16,32-11)8-4-2-3-5-9(8)18(21,22)23/h2-5,7,11-13,30H,6H2,1H3,(H2,27,31). The fourth-order valence-corrected chi connectivity index (χ4v) is 4.98. The number of halogens is 7. The molecule has 0 saturated carbocycles. The van der Waals surface area contributed by atoms with Gasteiger partial charge in [0.25, 0.3) is 0 Å². The van der Waals surface area contributed by atoms with Gasteiger partial charge in [-0.25, -0.2) is 4.39 Å². The summed E-state index contributed by atoms with van der Waals surface area (Å²) in [6, 6.07) is 3.47. The van der Waals surface area contributed by atoms with E-state index in [1.165, 1.54) is 0 Å². The number of aliphatic hydroxyl groups is 1. The van der Waals surface area contributed by atoms with Gasteiger partial charge in [-0.05, 0) is 6.07 Å². The van der Waals surface area contributed by atoms with Crippen molar-refractivity contribution in [2.24, 2.45) is 18.7 Å². The summed E-state index contributed by atoms with van der Waals surface area (Å²) in [6.45, 7) is 0. The number of rotatable bonds is 3. The van der Waals surface area contributed by atoms with E-state index in [-0.39, 0.29) is 0 Å². The molecule has 0 aliphatic carbocycles. The number of hydrogen-bond acceptors (Lipinski definition) is 4. The highest BCUT2D eigenvalue weighted by atomic mass is 19.4. The number of aryl methyl sites for hydroxylation is 1. The van der Waals surface area contributed by atoms with Crippen LogP contribution in [0.2, 0.25) is 0 Å². The highest BCUT2D eigenvalue weighted by molar-refractivity contribution is 5.81. The molecule has 174 valence electrons. The van der Waals surface area contributed by atoms with E-state index in [1.54, 1.807) is 0 Å². The van der Waals surface area contributed by atoms with Crippen LogP contribution in [0.15, 0.2) is 30.5 Å². The van der Waals surface area contributed by atoms with Crippen LogP contribution in [0, 0.1) is 5.92 Å². The number of carbonyl (C=O) groups is 1. The van der Waals surface area contributed by atoms with Crippen molar-refractivity contribution in [3.63, 3.8) is 0 Å². The smallest absolute Gasteiger partial charge is 0.389 e. The Bertz CT molecular complexity index is 1080. The fraction of sp³-hybridized carbons (Fsp3) is 0.474. The van der Waals surface area contributed by atoms with Gasteiger partial charge in [0, 0.05) is 30.8 Å². The maximum atomic E-state index is 17.1. The van der Waals surface area contributed by atoms with E-state index in [4.69, 9.17) is 10.5 Å². The molecule has 32 heavy (non-hydrogen) atoms. The quantitative estimate of drug-likeness (QED) is 0.680. The third-order valence-corrected chi connectivity index (χ3v) is 6.03. The predicted molar refractivity (Wildman–Crippen MR) is 92.3 cm³/mol. The number of ether oxygens (including phenoxy) is 1. The molecule has 2 bridgehead atoms. The largest absolute Gasteiger partial charge is 0.435 e. The molecule has 3 N–H and O–H groups in total.